The van der Waals surface area contributed by atoms with E-state index in [1.165, 1.54) is 6.92 Å². The van der Waals surface area contributed by atoms with Crippen molar-refractivity contribution in [1.82, 2.24) is 10.6 Å². The molecule has 0 aliphatic heterocycles. The van der Waals surface area contributed by atoms with Gasteiger partial charge in [-0.3, -0.25) is 19.5 Å². The van der Waals surface area contributed by atoms with Crippen LogP contribution in [0, 0.1) is 0 Å². The highest BCUT2D eigenvalue weighted by Gasteiger charge is 2.31. The van der Waals surface area contributed by atoms with E-state index < -0.39 is 37.3 Å². The first kappa shape index (κ1) is 21.3. The van der Waals surface area contributed by atoms with Gasteiger partial charge in [0, 0.05) is 6.42 Å². The molecule has 9 heteroatoms. The van der Waals surface area contributed by atoms with Gasteiger partial charge >= 0.3 is 7.60 Å². The summed E-state index contributed by atoms with van der Waals surface area (Å²) in [6, 6.07) is 7.30. The fraction of sp³-hybridized carbons (Fsp3) is 0.500. The first-order valence-corrected chi connectivity index (χ1v) is 9.78. The van der Waals surface area contributed by atoms with Crippen molar-refractivity contribution < 1.29 is 23.9 Å². The fourth-order valence-corrected chi connectivity index (χ4v) is 3.37. The van der Waals surface area contributed by atoms with Crippen LogP contribution in [0.4, 0.5) is 0 Å². The molecule has 1 rings (SSSR count). The number of carbonyl (C=O) groups excluding carboxylic acids is 2. The van der Waals surface area contributed by atoms with Crippen molar-refractivity contribution in [3.8, 4) is 0 Å². The molecule has 0 spiro atoms. The quantitative estimate of drug-likeness (QED) is 0.379. The van der Waals surface area contributed by atoms with Crippen LogP contribution in [-0.4, -0.2) is 39.5 Å². The molecular weight excluding hydrogens is 345 g/mol. The standard InChI is InChI=1S/C16H26N3O5P/c1-3-7-14(25(22,23)24)18-11(2)16(21)19-13(15(17)20)10-12-8-5-4-6-9-12/h4-6,8-9,11,13-14,18H,3,7,10H2,1-2H3,(H2,17,20)(H,19,21)(H2,22,23,24)/t11-,13-,14?/m0/s1. The molecule has 0 saturated heterocycles. The van der Waals surface area contributed by atoms with Gasteiger partial charge in [-0.25, -0.2) is 0 Å². The van der Waals surface area contributed by atoms with Crippen LogP contribution in [0.15, 0.2) is 30.3 Å². The minimum absolute atomic E-state index is 0.227. The summed E-state index contributed by atoms with van der Waals surface area (Å²) in [5, 5.41) is 5.17. The Bertz CT molecular complexity index is 619. The molecule has 3 atom stereocenters. The van der Waals surface area contributed by atoms with Crippen molar-refractivity contribution in [1.29, 1.82) is 0 Å². The monoisotopic (exact) mass is 371 g/mol. The summed E-state index contributed by atoms with van der Waals surface area (Å²) in [5.41, 5.74) is 6.19. The van der Waals surface area contributed by atoms with Crippen LogP contribution in [0.2, 0.25) is 0 Å². The van der Waals surface area contributed by atoms with Crippen LogP contribution < -0.4 is 16.4 Å². The Morgan fingerprint density at radius 1 is 1.24 bits per heavy atom. The van der Waals surface area contributed by atoms with Crippen molar-refractivity contribution in [3.63, 3.8) is 0 Å². The van der Waals surface area contributed by atoms with Gasteiger partial charge in [0.05, 0.1) is 6.04 Å². The second-order valence-electron chi connectivity index (χ2n) is 5.94. The lowest BCUT2D eigenvalue weighted by molar-refractivity contribution is -0.128. The second kappa shape index (κ2) is 9.68. The number of rotatable bonds is 10. The molecule has 1 aromatic carbocycles. The number of carbonyl (C=O) groups is 2. The van der Waals surface area contributed by atoms with Gasteiger partial charge in [-0.2, -0.15) is 0 Å². The number of nitrogens with two attached hydrogens (primary N) is 1. The largest absolute Gasteiger partial charge is 0.368 e. The van der Waals surface area contributed by atoms with E-state index in [1.54, 1.807) is 6.92 Å². The molecule has 0 bridgehead atoms. The highest BCUT2D eigenvalue weighted by atomic mass is 31.2. The van der Waals surface area contributed by atoms with Crippen LogP contribution in [0.5, 0.6) is 0 Å². The van der Waals surface area contributed by atoms with E-state index in [2.05, 4.69) is 10.6 Å². The topological polar surface area (TPSA) is 142 Å². The van der Waals surface area contributed by atoms with Crippen LogP contribution in [0.3, 0.4) is 0 Å². The minimum atomic E-state index is -4.38. The normalized spacial score (nSPS) is 15.2. The van der Waals surface area contributed by atoms with Gasteiger partial charge in [-0.15, -0.1) is 0 Å². The highest BCUT2D eigenvalue weighted by molar-refractivity contribution is 7.52. The van der Waals surface area contributed by atoms with E-state index in [0.717, 1.165) is 5.56 Å². The van der Waals surface area contributed by atoms with Crippen molar-refractivity contribution in [2.24, 2.45) is 5.73 Å². The van der Waals surface area contributed by atoms with Gasteiger partial charge in [-0.05, 0) is 18.9 Å². The maximum Gasteiger partial charge on any atom is 0.342 e. The van der Waals surface area contributed by atoms with Crippen LogP contribution >= 0.6 is 7.60 Å². The smallest absolute Gasteiger partial charge is 0.342 e. The predicted octanol–water partition coefficient (Wildman–Crippen LogP) is 0.481. The van der Waals surface area contributed by atoms with E-state index in [1.807, 2.05) is 30.3 Å². The lowest BCUT2D eigenvalue weighted by atomic mass is 10.1. The first-order chi connectivity index (χ1) is 11.6. The Morgan fingerprint density at radius 3 is 2.32 bits per heavy atom. The molecule has 1 aromatic rings. The number of primary amides is 1. The summed E-state index contributed by atoms with van der Waals surface area (Å²) in [7, 11) is -4.38. The third kappa shape index (κ3) is 7.36. The van der Waals surface area contributed by atoms with Crippen molar-refractivity contribution >= 4 is 19.4 Å². The van der Waals surface area contributed by atoms with Crippen molar-refractivity contribution in [3.05, 3.63) is 35.9 Å². The predicted molar refractivity (Wildman–Crippen MR) is 94.6 cm³/mol. The van der Waals surface area contributed by atoms with Crippen molar-refractivity contribution in [2.45, 2.75) is 51.0 Å². The molecule has 0 saturated carbocycles. The van der Waals surface area contributed by atoms with Gasteiger partial charge < -0.3 is 20.8 Å². The number of hydrogen-bond acceptors (Lipinski definition) is 4. The Morgan fingerprint density at radius 2 is 1.84 bits per heavy atom. The minimum Gasteiger partial charge on any atom is -0.368 e. The Balaban J connectivity index is 2.72. The van der Waals surface area contributed by atoms with E-state index in [4.69, 9.17) is 5.73 Å². The van der Waals surface area contributed by atoms with E-state index in [-0.39, 0.29) is 12.8 Å². The van der Waals surface area contributed by atoms with Crippen LogP contribution in [0.25, 0.3) is 0 Å². The molecule has 0 fully saturated rings. The number of nitrogens with one attached hydrogen (secondary N) is 2. The van der Waals surface area contributed by atoms with Gasteiger partial charge in [0.1, 0.15) is 11.8 Å². The summed E-state index contributed by atoms with van der Waals surface area (Å²) in [4.78, 5) is 42.6. The molecule has 0 aliphatic rings. The highest BCUT2D eigenvalue weighted by Crippen LogP contribution is 2.41. The Hall–Kier alpha value is -1.73. The second-order valence-corrected chi connectivity index (χ2v) is 7.74. The molecule has 1 unspecified atom stereocenters. The third-order valence-electron chi connectivity index (χ3n) is 3.75. The Labute approximate surface area is 147 Å². The summed E-state index contributed by atoms with van der Waals surface area (Å²) in [6.07, 6.45) is 1.02. The molecule has 8 nitrogen and oxygen atoms in total. The third-order valence-corrected chi connectivity index (χ3v) is 4.97. The zero-order valence-electron chi connectivity index (χ0n) is 14.4. The average Bonchev–Trinajstić information content (AvgIpc) is 2.53. The molecule has 0 aromatic heterocycles. The van der Waals surface area contributed by atoms with Gasteiger partial charge in [0.2, 0.25) is 11.8 Å². The van der Waals surface area contributed by atoms with Crippen LogP contribution in [-0.2, 0) is 20.6 Å². The van der Waals surface area contributed by atoms with Gasteiger partial charge in [0.25, 0.3) is 0 Å². The lowest BCUT2D eigenvalue weighted by Crippen LogP contribution is -2.53. The number of benzene rings is 1. The fourth-order valence-electron chi connectivity index (χ4n) is 2.36. The zero-order chi connectivity index (χ0) is 19.0. The first-order valence-electron chi connectivity index (χ1n) is 8.10. The van der Waals surface area contributed by atoms with Gasteiger partial charge in [-0.1, -0.05) is 43.7 Å². The maximum absolute atomic E-state index is 12.3. The molecule has 0 heterocycles. The summed E-state index contributed by atoms with van der Waals surface area (Å²) >= 11 is 0. The average molecular weight is 371 g/mol. The molecule has 0 aliphatic carbocycles. The molecule has 2 amide bonds. The Kier molecular flexibility index (Phi) is 8.25. The summed E-state index contributed by atoms with van der Waals surface area (Å²) in [6.45, 7) is 3.27. The molecule has 140 valence electrons. The molecular formula is C16H26N3O5P. The number of hydrogen-bond donors (Lipinski definition) is 5. The maximum atomic E-state index is 12.3. The van der Waals surface area contributed by atoms with E-state index in [0.29, 0.717) is 6.42 Å². The number of amides is 2. The zero-order valence-corrected chi connectivity index (χ0v) is 15.3. The SMILES string of the molecule is CCCC(N[C@@H](C)C(=O)N[C@@H](Cc1ccccc1)C(N)=O)P(=O)(O)O. The van der Waals surface area contributed by atoms with Crippen molar-refractivity contribution in [2.75, 3.05) is 0 Å². The molecule has 25 heavy (non-hydrogen) atoms. The van der Waals surface area contributed by atoms with E-state index in [9.17, 15) is 23.9 Å². The molecule has 0 radical (unpaired) electrons. The molecule has 6 N–H and O–H groups in total. The van der Waals surface area contributed by atoms with Gasteiger partial charge in [0.15, 0.2) is 0 Å². The lowest BCUT2D eigenvalue weighted by Gasteiger charge is -2.25. The van der Waals surface area contributed by atoms with E-state index >= 15 is 0 Å². The summed E-state index contributed by atoms with van der Waals surface area (Å²) in [5.74, 6) is -2.34. The summed E-state index contributed by atoms with van der Waals surface area (Å²) < 4.78 is 11.5. The van der Waals surface area contributed by atoms with Crippen LogP contribution in [0.1, 0.15) is 32.3 Å².